The second-order valence-corrected chi connectivity index (χ2v) is 20.4. The Bertz CT molecular complexity index is 2910. The summed E-state index contributed by atoms with van der Waals surface area (Å²) < 4.78 is 22.2. The number of carbonyl (C=O) groups is 2. The second-order valence-electron chi connectivity index (χ2n) is 19.6. The van der Waals surface area contributed by atoms with Crippen molar-refractivity contribution >= 4 is 86.1 Å². The minimum atomic E-state index is -0.369. The first-order valence-electron chi connectivity index (χ1n) is 25.5. The van der Waals surface area contributed by atoms with Crippen molar-refractivity contribution in [2.75, 3.05) is 17.7 Å². The molecule has 386 valence electrons. The quantitative estimate of drug-likeness (QED) is 0.0830. The summed E-state index contributed by atoms with van der Waals surface area (Å²) >= 11 is 3.77. The molecule has 1 amide bonds. The molecule has 3 N–H and O–H groups in total. The van der Waals surface area contributed by atoms with Gasteiger partial charge in [0.2, 0.25) is 5.91 Å². The number of para-hydroxylation sites is 2. The van der Waals surface area contributed by atoms with Crippen LogP contribution in [-0.4, -0.2) is 68.2 Å². The van der Waals surface area contributed by atoms with Gasteiger partial charge in [0.05, 0.1) is 33.8 Å². The minimum absolute atomic E-state index is 0.0250. The molecule has 4 aliphatic rings. The first-order chi connectivity index (χ1) is 35.1. The Morgan fingerprint density at radius 1 is 0.753 bits per heavy atom. The van der Waals surface area contributed by atoms with Gasteiger partial charge in [-0.2, -0.15) is 19.2 Å². The number of halogens is 1. The highest BCUT2D eigenvalue weighted by Crippen LogP contribution is 2.47. The van der Waals surface area contributed by atoms with Crippen LogP contribution in [0.5, 0.6) is 0 Å². The van der Waals surface area contributed by atoms with Crippen LogP contribution in [0.2, 0.25) is 0 Å². The van der Waals surface area contributed by atoms with Gasteiger partial charge in [0.1, 0.15) is 24.4 Å². The van der Waals surface area contributed by atoms with E-state index in [0.717, 1.165) is 56.8 Å². The fourth-order valence-electron chi connectivity index (χ4n) is 10.3. The van der Waals surface area contributed by atoms with E-state index in [1.54, 1.807) is 0 Å². The summed E-state index contributed by atoms with van der Waals surface area (Å²) in [5.74, 6) is 0.910. The number of amides is 1. The van der Waals surface area contributed by atoms with Crippen LogP contribution >= 0.6 is 15.9 Å². The van der Waals surface area contributed by atoms with E-state index in [9.17, 15) is 9.59 Å². The molecule has 0 unspecified atom stereocenters. The third-order valence-electron chi connectivity index (χ3n) is 14.5. The van der Waals surface area contributed by atoms with Crippen molar-refractivity contribution in [3.05, 3.63) is 99.9 Å². The number of hydrogen-bond acceptors (Lipinski definition) is 12. The van der Waals surface area contributed by atoms with Crippen LogP contribution in [0.4, 0.5) is 11.4 Å². The predicted molar refractivity (Wildman–Crippen MR) is 285 cm³/mol. The van der Waals surface area contributed by atoms with Gasteiger partial charge in [-0.3, -0.25) is 9.59 Å². The maximum absolute atomic E-state index is 12.6. The normalized spacial score (nSPS) is 16.7. The number of fused-ring (bicyclic) bond motifs is 6. The van der Waals surface area contributed by atoms with Crippen molar-refractivity contribution < 1.29 is 42.8 Å². The number of esters is 1. The van der Waals surface area contributed by atoms with Crippen LogP contribution in [0.3, 0.4) is 0 Å². The lowest BCUT2D eigenvalue weighted by Gasteiger charge is -2.32. The van der Waals surface area contributed by atoms with Gasteiger partial charge in [-0.25, -0.2) is 9.97 Å². The van der Waals surface area contributed by atoms with Crippen LogP contribution in [-0.2, 0) is 68.7 Å². The molecule has 0 radical (unpaired) electrons. The summed E-state index contributed by atoms with van der Waals surface area (Å²) in [6.07, 6.45) is 15.0. The highest BCUT2D eigenvalue weighted by atomic mass is 79.9. The maximum Gasteiger partial charge on any atom is 0.496 e. The van der Waals surface area contributed by atoms with Gasteiger partial charge >= 0.3 is 25.4 Å². The van der Waals surface area contributed by atoms with Crippen LogP contribution in [0.25, 0.3) is 33.3 Å². The van der Waals surface area contributed by atoms with E-state index < -0.39 is 0 Å². The monoisotopic (exact) mass is 1060 g/mol. The Kier molecular flexibility index (Phi) is 19.7. The van der Waals surface area contributed by atoms with Gasteiger partial charge in [-0.15, -0.1) is 0 Å². The topological polar surface area (TPSA) is 204 Å². The van der Waals surface area contributed by atoms with Crippen molar-refractivity contribution in [1.29, 1.82) is 0 Å². The molecule has 10 rings (SSSR count). The fraction of sp³-hybridized carbons (Fsp3) is 0.464. The van der Waals surface area contributed by atoms with Gasteiger partial charge < -0.3 is 34.2 Å². The number of hydrogen-bond donors (Lipinski definition) is 2. The van der Waals surface area contributed by atoms with Gasteiger partial charge in [0.25, 0.3) is 0 Å². The molecular formula is C56H68BBrN6O9. The molecule has 1 saturated heterocycles. The lowest BCUT2D eigenvalue weighted by Crippen LogP contribution is -2.41. The Labute approximate surface area is 436 Å². The molecule has 73 heavy (non-hydrogen) atoms. The minimum Gasteiger partial charge on any atom is -0.465 e. The van der Waals surface area contributed by atoms with Crippen molar-refractivity contribution in [2.24, 2.45) is 0 Å². The molecule has 15 nitrogen and oxygen atoms in total. The number of nitrogens with zero attached hydrogens (tertiary/aromatic N) is 4. The summed E-state index contributed by atoms with van der Waals surface area (Å²) in [5.41, 5.74) is 16.9. The standard InChI is InChI=1S/C23H25N3O.C19H25BrN2O2.C12H18BNO2.2CO2/c1-2-16-12-13-18-21(15-8-4-3-5-9-15)22-17-10-6-7-11-19(17)25-20(27)14-26(22)23(18)24-16;1-3-14-10-11-15-17(13-8-6-5-7-9-13)18(20)22(19(15)21-14)12-16(23)24-4-2;1-11(2)12(3,4)16-13(15-11)9-7-5-6-8-10(9)14;2*2-1-3/h6-7,10-13,15H,2-5,8-9,14H2,1H3,(H,25,27);10-11,13H,3-9,12H2,1-2H3;5-8H,14H2,1-4H3;;. The first kappa shape index (κ1) is 56.1. The summed E-state index contributed by atoms with van der Waals surface area (Å²) in [6, 6.07) is 24.5. The zero-order valence-electron chi connectivity index (χ0n) is 43.2. The van der Waals surface area contributed by atoms with E-state index >= 15 is 0 Å². The number of benzene rings is 2. The van der Waals surface area contributed by atoms with Crippen molar-refractivity contribution in [1.82, 2.24) is 19.1 Å². The summed E-state index contributed by atoms with van der Waals surface area (Å²) in [5, 5.41) is 5.50. The molecule has 0 atom stereocenters. The van der Waals surface area contributed by atoms with E-state index in [2.05, 4.69) is 76.1 Å². The molecule has 0 bridgehead atoms. The second kappa shape index (κ2) is 25.6. The first-order valence-corrected chi connectivity index (χ1v) is 26.3. The highest BCUT2D eigenvalue weighted by Gasteiger charge is 2.52. The number of aryl methyl sites for hydroxylation is 2. The highest BCUT2D eigenvalue weighted by molar-refractivity contribution is 9.10. The van der Waals surface area contributed by atoms with Crippen LogP contribution < -0.4 is 16.5 Å². The number of rotatable bonds is 8. The fourth-order valence-corrected chi connectivity index (χ4v) is 11.1. The van der Waals surface area contributed by atoms with E-state index in [1.807, 2.05) is 75.6 Å². The Balaban J connectivity index is 0.000000174. The number of aromatic nitrogens is 4. The smallest absolute Gasteiger partial charge is 0.465 e. The Morgan fingerprint density at radius 2 is 1.26 bits per heavy atom. The molecular weight excluding hydrogens is 991 g/mol. The molecule has 17 heteroatoms. The SMILES string of the molecule is CC1(C)OB(c2ccccc2N)OC1(C)C.CCOC(=O)Cn1c(Br)c(C2CCCCC2)c2ccc(CC)nc21.CCc1ccc2c(C3CCCCC3)c3n(c2n1)CC(=O)Nc1ccccc1-3.O=C=O.O=C=O. The number of anilines is 2. The van der Waals surface area contributed by atoms with E-state index in [-0.39, 0.29) is 49.0 Å². The number of carbonyl (C=O) groups excluding carboxylic acids is 6. The van der Waals surface area contributed by atoms with E-state index in [1.165, 1.54) is 91.8 Å². The number of nitrogen functional groups attached to an aromatic ring is 1. The molecule has 2 aliphatic heterocycles. The lowest BCUT2D eigenvalue weighted by molar-refractivity contribution is -0.193. The molecule has 0 spiro atoms. The maximum atomic E-state index is 12.6. The molecule has 2 aromatic carbocycles. The van der Waals surface area contributed by atoms with E-state index in [0.29, 0.717) is 30.7 Å². The van der Waals surface area contributed by atoms with Gasteiger partial charge in [-0.05, 0) is 148 Å². The molecule has 2 aliphatic carbocycles. The van der Waals surface area contributed by atoms with Gasteiger partial charge in [0, 0.05) is 38.9 Å². The van der Waals surface area contributed by atoms with Gasteiger partial charge in [0.15, 0.2) is 0 Å². The summed E-state index contributed by atoms with van der Waals surface area (Å²) in [4.78, 5) is 67.0. The average molecular weight is 1060 g/mol. The average Bonchev–Trinajstić information content (AvgIpc) is 3.88. The number of pyridine rings is 2. The van der Waals surface area contributed by atoms with Crippen LogP contribution in [0.15, 0.2) is 77.4 Å². The zero-order chi connectivity index (χ0) is 52.9. The Hall–Kier alpha value is -6.22. The van der Waals surface area contributed by atoms with Crippen molar-refractivity contribution in [2.45, 2.75) is 162 Å². The van der Waals surface area contributed by atoms with Gasteiger partial charge in [-0.1, -0.05) is 88.8 Å². The number of ether oxygens (including phenoxy) is 1. The molecule has 4 aromatic heterocycles. The van der Waals surface area contributed by atoms with Crippen LogP contribution in [0, 0.1) is 0 Å². The third-order valence-corrected chi connectivity index (χ3v) is 15.4. The molecule has 6 heterocycles. The number of nitrogens with one attached hydrogen (secondary N) is 1. The number of nitrogens with two attached hydrogens (primary N) is 1. The van der Waals surface area contributed by atoms with Crippen molar-refractivity contribution in [3.8, 4) is 11.3 Å². The van der Waals surface area contributed by atoms with E-state index in [4.69, 9.17) is 48.9 Å². The summed E-state index contributed by atoms with van der Waals surface area (Å²) in [6.45, 7) is 15.1. The third kappa shape index (κ3) is 12.9. The predicted octanol–water partition coefficient (Wildman–Crippen LogP) is 10.6. The Morgan fingerprint density at radius 3 is 1.81 bits per heavy atom. The largest absolute Gasteiger partial charge is 0.496 e. The molecule has 6 aromatic rings. The molecule has 2 saturated carbocycles. The molecule has 3 fully saturated rings. The summed E-state index contributed by atoms with van der Waals surface area (Å²) in [7, 11) is -0.369. The van der Waals surface area contributed by atoms with Crippen molar-refractivity contribution in [3.63, 3.8) is 0 Å². The zero-order valence-corrected chi connectivity index (χ0v) is 44.8. The van der Waals surface area contributed by atoms with Crippen LogP contribution in [0.1, 0.15) is 147 Å². The lowest BCUT2D eigenvalue weighted by atomic mass is 9.78.